The number of thioether (sulfide) groups is 1. The lowest BCUT2D eigenvalue weighted by molar-refractivity contribution is -0.121. The van der Waals surface area contributed by atoms with E-state index < -0.39 is 20.6 Å². The van der Waals surface area contributed by atoms with Crippen LogP contribution in [-0.2, 0) is 21.1 Å². The van der Waals surface area contributed by atoms with Crippen LogP contribution in [0.15, 0.2) is 69.7 Å². The maximum absolute atomic E-state index is 13.1. The number of benzene rings is 1. The molecule has 1 aromatic heterocycles. The molecule has 1 N–H and O–H groups in total. The van der Waals surface area contributed by atoms with Crippen LogP contribution >= 0.6 is 35.0 Å². The van der Waals surface area contributed by atoms with E-state index in [0.717, 1.165) is 16.2 Å². The summed E-state index contributed by atoms with van der Waals surface area (Å²) < 4.78 is 26.2. The molecule has 0 fully saturated rings. The summed E-state index contributed by atoms with van der Waals surface area (Å²) in [4.78, 5) is 16.5. The number of hydrogen-bond acceptors (Lipinski definition) is 5. The number of pyridine rings is 1. The third-order valence-corrected chi connectivity index (χ3v) is 8.81. The molecule has 2 aromatic rings. The summed E-state index contributed by atoms with van der Waals surface area (Å²) in [6.45, 7) is 3.58. The van der Waals surface area contributed by atoms with Gasteiger partial charge in [0.05, 0.1) is 12.2 Å². The number of carbonyl (C=O) groups is 1. The number of aromatic nitrogens is 1. The SMILES string of the molecule is CCSc1ccc(CC(=O)NC2(S(=O)(=O)CC)C=C(Cl)C(c3ccccc3)=C(Cl)C2)nc1. The minimum atomic E-state index is -3.79. The third kappa shape index (κ3) is 5.39. The summed E-state index contributed by atoms with van der Waals surface area (Å²) in [7, 11) is -3.79. The van der Waals surface area contributed by atoms with E-state index in [0.29, 0.717) is 11.3 Å². The van der Waals surface area contributed by atoms with Gasteiger partial charge in [0.1, 0.15) is 0 Å². The number of allylic oxidation sites excluding steroid dienone is 2. The standard InChI is InChI=1S/C23H24Cl2N2O3S2/c1-3-31-18-11-10-17(26-15-18)12-21(28)27-23(32(29,30)4-2)13-19(24)22(20(25)14-23)16-8-6-5-7-9-16/h5-11,13,15H,3-4,12,14H2,1-2H3,(H,27,28). The van der Waals surface area contributed by atoms with Crippen LogP contribution in [0.2, 0.25) is 0 Å². The van der Waals surface area contributed by atoms with E-state index in [-0.39, 0.29) is 28.7 Å². The number of sulfone groups is 1. The Kier molecular flexibility index (Phi) is 8.09. The first-order chi connectivity index (χ1) is 15.2. The van der Waals surface area contributed by atoms with Crippen LogP contribution < -0.4 is 5.32 Å². The smallest absolute Gasteiger partial charge is 0.227 e. The van der Waals surface area contributed by atoms with E-state index >= 15 is 0 Å². The molecule has 0 bridgehead atoms. The highest BCUT2D eigenvalue weighted by molar-refractivity contribution is 7.99. The van der Waals surface area contributed by atoms with Crippen molar-refractivity contribution < 1.29 is 13.2 Å². The van der Waals surface area contributed by atoms with Crippen LogP contribution in [0.5, 0.6) is 0 Å². The Labute approximate surface area is 203 Å². The maximum Gasteiger partial charge on any atom is 0.227 e. The average molecular weight is 511 g/mol. The van der Waals surface area contributed by atoms with Crippen molar-refractivity contribution in [2.45, 2.75) is 36.5 Å². The lowest BCUT2D eigenvalue weighted by Crippen LogP contribution is -2.55. The van der Waals surface area contributed by atoms with Gasteiger partial charge in [-0.15, -0.1) is 11.8 Å². The molecule has 1 unspecified atom stereocenters. The topological polar surface area (TPSA) is 76.1 Å². The van der Waals surface area contributed by atoms with Gasteiger partial charge >= 0.3 is 0 Å². The van der Waals surface area contributed by atoms with Crippen molar-refractivity contribution in [1.29, 1.82) is 0 Å². The molecule has 1 aliphatic carbocycles. The first-order valence-electron chi connectivity index (χ1n) is 10.1. The fourth-order valence-corrected chi connectivity index (χ4v) is 6.60. The summed E-state index contributed by atoms with van der Waals surface area (Å²) in [5, 5.41) is 3.16. The highest BCUT2D eigenvalue weighted by Gasteiger charge is 2.46. The Morgan fingerprint density at radius 2 is 1.88 bits per heavy atom. The average Bonchev–Trinajstić information content (AvgIpc) is 2.75. The van der Waals surface area contributed by atoms with Gasteiger partial charge in [0.2, 0.25) is 5.91 Å². The van der Waals surface area contributed by atoms with Crippen molar-refractivity contribution >= 4 is 56.3 Å². The summed E-state index contributed by atoms with van der Waals surface area (Å²) in [5.41, 5.74) is 1.89. The van der Waals surface area contributed by atoms with E-state index in [9.17, 15) is 13.2 Å². The Morgan fingerprint density at radius 3 is 2.44 bits per heavy atom. The molecular weight excluding hydrogens is 487 g/mol. The molecule has 1 amide bonds. The van der Waals surface area contributed by atoms with Crippen molar-refractivity contribution in [2.75, 3.05) is 11.5 Å². The molecule has 0 saturated carbocycles. The van der Waals surface area contributed by atoms with Gasteiger partial charge in [0, 0.05) is 38.8 Å². The normalized spacial score (nSPS) is 18.9. The minimum Gasteiger partial charge on any atom is -0.333 e. The second-order valence-corrected chi connectivity index (χ2v) is 12.0. The van der Waals surface area contributed by atoms with Gasteiger partial charge < -0.3 is 5.32 Å². The van der Waals surface area contributed by atoms with Crippen molar-refractivity contribution in [3.05, 3.63) is 76.1 Å². The fraction of sp³-hybridized carbons (Fsp3) is 0.304. The van der Waals surface area contributed by atoms with E-state index in [1.54, 1.807) is 24.0 Å². The number of amides is 1. The number of hydrogen-bond donors (Lipinski definition) is 1. The quantitative estimate of drug-likeness (QED) is 0.496. The number of carbonyl (C=O) groups excluding carboxylic acids is 1. The predicted octanol–water partition coefficient (Wildman–Crippen LogP) is 5.16. The van der Waals surface area contributed by atoms with Crippen LogP contribution in [-0.4, -0.2) is 35.7 Å². The van der Waals surface area contributed by atoms with E-state index in [4.69, 9.17) is 23.2 Å². The lowest BCUT2D eigenvalue weighted by atomic mass is 9.96. The largest absolute Gasteiger partial charge is 0.333 e. The third-order valence-electron chi connectivity index (χ3n) is 5.09. The van der Waals surface area contributed by atoms with Crippen molar-refractivity contribution in [2.24, 2.45) is 0 Å². The Bertz CT molecular complexity index is 1150. The second-order valence-electron chi connectivity index (χ2n) is 7.25. The molecule has 1 aromatic carbocycles. The van der Waals surface area contributed by atoms with E-state index in [2.05, 4.69) is 10.3 Å². The van der Waals surface area contributed by atoms with Gasteiger partial charge in [-0.1, -0.05) is 67.4 Å². The molecule has 5 nitrogen and oxygen atoms in total. The van der Waals surface area contributed by atoms with Crippen LogP contribution in [0, 0.1) is 0 Å². The van der Waals surface area contributed by atoms with Gasteiger partial charge in [-0.25, -0.2) is 8.42 Å². The lowest BCUT2D eigenvalue weighted by Gasteiger charge is -2.35. The van der Waals surface area contributed by atoms with Gasteiger partial charge in [-0.3, -0.25) is 9.78 Å². The van der Waals surface area contributed by atoms with Crippen molar-refractivity contribution in [1.82, 2.24) is 10.3 Å². The zero-order valence-electron chi connectivity index (χ0n) is 17.8. The predicted molar refractivity (Wildman–Crippen MR) is 132 cm³/mol. The van der Waals surface area contributed by atoms with Crippen LogP contribution in [0.25, 0.3) is 5.57 Å². The number of nitrogens with zero attached hydrogens (tertiary/aromatic N) is 1. The Hall–Kier alpha value is -1.80. The van der Waals surface area contributed by atoms with E-state index in [1.165, 1.54) is 13.0 Å². The van der Waals surface area contributed by atoms with Crippen molar-refractivity contribution in [3.63, 3.8) is 0 Å². The van der Waals surface area contributed by atoms with Gasteiger partial charge in [-0.2, -0.15) is 0 Å². The summed E-state index contributed by atoms with van der Waals surface area (Å²) >= 11 is 14.8. The second kappa shape index (κ2) is 10.4. The number of nitrogens with one attached hydrogen (secondary N) is 1. The first kappa shape index (κ1) is 24.8. The molecule has 0 saturated heterocycles. The fourth-order valence-electron chi connectivity index (χ4n) is 3.50. The molecule has 0 spiro atoms. The van der Waals surface area contributed by atoms with Crippen LogP contribution in [0.3, 0.4) is 0 Å². The highest BCUT2D eigenvalue weighted by Crippen LogP contribution is 2.43. The van der Waals surface area contributed by atoms with Crippen LogP contribution in [0.1, 0.15) is 31.5 Å². The molecule has 1 atom stereocenters. The molecule has 1 heterocycles. The molecule has 170 valence electrons. The molecule has 32 heavy (non-hydrogen) atoms. The Morgan fingerprint density at radius 1 is 1.16 bits per heavy atom. The molecule has 3 rings (SSSR count). The maximum atomic E-state index is 13.1. The minimum absolute atomic E-state index is 0.0591. The zero-order chi connectivity index (χ0) is 23.4. The molecule has 0 radical (unpaired) electrons. The molecular formula is C23H24Cl2N2O3S2. The monoisotopic (exact) mass is 510 g/mol. The summed E-state index contributed by atoms with van der Waals surface area (Å²) in [6, 6.07) is 12.9. The summed E-state index contributed by atoms with van der Waals surface area (Å²) in [6.07, 6.45) is 2.94. The summed E-state index contributed by atoms with van der Waals surface area (Å²) in [5.74, 6) is 0.268. The van der Waals surface area contributed by atoms with E-state index in [1.807, 2.05) is 43.3 Å². The van der Waals surface area contributed by atoms with Crippen LogP contribution in [0.4, 0.5) is 0 Å². The van der Waals surface area contributed by atoms with Gasteiger partial charge in [0.25, 0.3) is 0 Å². The Balaban J connectivity index is 1.89. The zero-order valence-corrected chi connectivity index (χ0v) is 20.9. The molecule has 9 heteroatoms. The molecule has 1 aliphatic rings. The number of rotatable bonds is 8. The van der Waals surface area contributed by atoms with Crippen molar-refractivity contribution in [3.8, 4) is 0 Å². The first-order valence-corrected chi connectivity index (χ1v) is 13.5. The number of halogens is 2. The van der Waals surface area contributed by atoms with Gasteiger partial charge in [-0.05, 0) is 29.5 Å². The van der Waals surface area contributed by atoms with Gasteiger partial charge in [0.15, 0.2) is 14.7 Å². The molecule has 0 aliphatic heterocycles. The highest BCUT2D eigenvalue weighted by atomic mass is 35.5.